The highest BCUT2D eigenvalue weighted by Gasteiger charge is 2.24. The SMILES string of the molecule is CCOc1ccc(N=C2NC(=O)/C(=C\c3ccc(OCC(=O)OC)c(Br)c3)S2)cc1. The van der Waals surface area contributed by atoms with Crippen LogP contribution in [0.1, 0.15) is 12.5 Å². The lowest BCUT2D eigenvalue weighted by Crippen LogP contribution is -2.19. The van der Waals surface area contributed by atoms with Gasteiger partial charge in [0.25, 0.3) is 5.91 Å². The Hall–Kier alpha value is -2.78. The van der Waals surface area contributed by atoms with Crippen molar-refractivity contribution in [2.75, 3.05) is 20.3 Å². The minimum atomic E-state index is -0.466. The first-order valence-electron chi connectivity index (χ1n) is 9.00. The third kappa shape index (κ3) is 5.87. The van der Waals surface area contributed by atoms with Crippen LogP contribution in [-0.4, -0.2) is 37.4 Å². The molecule has 0 saturated carbocycles. The van der Waals surface area contributed by atoms with Crippen LogP contribution in [0.4, 0.5) is 5.69 Å². The van der Waals surface area contributed by atoms with Crippen molar-refractivity contribution in [3.05, 3.63) is 57.4 Å². The number of aliphatic imine (C=N–C) groups is 1. The highest BCUT2D eigenvalue weighted by atomic mass is 79.9. The third-order valence-electron chi connectivity index (χ3n) is 3.86. The molecule has 0 spiro atoms. The van der Waals surface area contributed by atoms with E-state index in [-0.39, 0.29) is 12.5 Å². The fourth-order valence-electron chi connectivity index (χ4n) is 2.45. The van der Waals surface area contributed by atoms with E-state index in [0.717, 1.165) is 17.0 Å². The van der Waals surface area contributed by atoms with E-state index in [1.807, 2.05) is 31.2 Å². The van der Waals surface area contributed by atoms with Crippen LogP contribution in [-0.2, 0) is 14.3 Å². The van der Waals surface area contributed by atoms with E-state index in [0.29, 0.717) is 26.9 Å². The first kappa shape index (κ1) is 21.9. The molecule has 0 unspecified atom stereocenters. The molecule has 1 amide bonds. The van der Waals surface area contributed by atoms with Gasteiger partial charge in [-0.1, -0.05) is 6.07 Å². The lowest BCUT2D eigenvalue weighted by atomic mass is 10.2. The Morgan fingerprint density at radius 2 is 1.97 bits per heavy atom. The molecule has 1 fully saturated rings. The van der Waals surface area contributed by atoms with Gasteiger partial charge in [-0.2, -0.15) is 0 Å². The van der Waals surface area contributed by atoms with E-state index in [2.05, 4.69) is 31.0 Å². The van der Waals surface area contributed by atoms with Gasteiger partial charge in [-0.05, 0) is 82.7 Å². The number of hydrogen-bond acceptors (Lipinski definition) is 7. The topological polar surface area (TPSA) is 86.2 Å². The predicted octanol–water partition coefficient (Wildman–Crippen LogP) is 4.29. The number of ether oxygens (including phenoxy) is 3. The molecule has 0 atom stereocenters. The molecule has 1 aliphatic heterocycles. The average molecular weight is 491 g/mol. The quantitative estimate of drug-likeness (QED) is 0.460. The molecule has 7 nitrogen and oxygen atoms in total. The number of amides is 1. The van der Waals surface area contributed by atoms with Crippen LogP contribution in [0.15, 0.2) is 56.8 Å². The van der Waals surface area contributed by atoms with Crippen molar-refractivity contribution in [1.29, 1.82) is 0 Å². The van der Waals surface area contributed by atoms with Crippen LogP contribution in [0, 0.1) is 0 Å². The molecule has 0 bridgehead atoms. The smallest absolute Gasteiger partial charge is 0.343 e. The Bertz CT molecular complexity index is 1000. The molecule has 2 aromatic carbocycles. The summed E-state index contributed by atoms with van der Waals surface area (Å²) < 4.78 is 16.0. The van der Waals surface area contributed by atoms with Gasteiger partial charge in [0.05, 0.1) is 28.8 Å². The van der Waals surface area contributed by atoms with E-state index in [1.54, 1.807) is 24.3 Å². The number of benzene rings is 2. The van der Waals surface area contributed by atoms with Crippen molar-refractivity contribution in [2.45, 2.75) is 6.92 Å². The van der Waals surface area contributed by atoms with Gasteiger partial charge in [0.2, 0.25) is 0 Å². The summed E-state index contributed by atoms with van der Waals surface area (Å²) >= 11 is 4.67. The summed E-state index contributed by atoms with van der Waals surface area (Å²) in [6, 6.07) is 12.6. The zero-order valence-corrected chi connectivity index (χ0v) is 18.7. The molecule has 1 aliphatic rings. The Labute approximate surface area is 186 Å². The van der Waals surface area contributed by atoms with E-state index < -0.39 is 5.97 Å². The minimum Gasteiger partial charge on any atom is -0.494 e. The van der Waals surface area contributed by atoms with Crippen molar-refractivity contribution in [2.24, 2.45) is 4.99 Å². The summed E-state index contributed by atoms with van der Waals surface area (Å²) in [6.45, 7) is 2.34. The number of hydrogen-bond donors (Lipinski definition) is 1. The van der Waals surface area contributed by atoms with E-state index in [1.165, 1.54) is 18.9 Å². The van der Waals surface area contributed by atoms with Gasteiger partial charge < -0.3 is 19.5 Å². The number of carbonyl (C=O) groups excluding carboxylic acids is 2. The van der Waals surface area contributed by atoms with Gasteiger partial charge in [-0.15, -0.1) is 0 Å². The number of thioether (sulfide) groups is 1. The fraction of sp³-hybridized carbons (Fsp3) is 0.190. The van der Waals surface area contributed by atoms with Crippen molar-refractivity contribution in [3.8, 4) is 11.5 Å². The van der Waals surface area contributed by atoms with Crippen LogP contribution < -0.4 is 14.8 Å². The summed E-state index contributed by atoms with van der Waals surface area (Å²) in [5, 5.41) is 3.27. The van der Waals surface area contributed by atoms with Crippen molar-refractivity contribution in [3.63, 3.8) is 0 Å². The number of methoxy groups -OCH3 is 1. The zero-order chi connectivity index (χ0) is 21.5. The molecule has 0 radical (unpaired) electrons. The molecule has 1 heterocycles. The van der Waals surface area contributed by atoms with Crippen LogP contribution >= 0.6 is 27.7 Å². The molecular formula is C21H19BrN2O5S. The van der Waals surface area contributed by atoms with Crippen LogP contribution in [0.5, 0.6) is 11.5 Å². The van der Waals surface area contributed by atoms with Crippen molar-refractivity contribution < 1.29 is 23.8 Å². The van der Waals surface area contributed by atoms with Gasteiger partial charge in [0.1, 0.15) is 11.5 Å². The van der Waals surface area contributed by atoms with E-state index >= 15 is 0 Å². The van der Waals surface area contributed by atoms with Crippen molar-refractivity contribution in [1.82, 2.24) is 5.32 Å². The Balaban J connectivity index is 1.69. The van der Waals surface area contributed by atoms with Gasteiger partial charge in [0, 0.05) is 0 Å². The number of halogens is 1. The van der Waals surface area contributed by atoms with E-state index in [4.69, 9.17) is 9.47 Å². The first-order valence-corrected chi connectivity index (χ1v) is 10.6. The van der Waals surface area contributed by atoms with Crippen LogP contribution in [0.3, 0.4) is 0 Å². The molecule has 0 aliphatic carbocycles. The standard InChI is InChI=1S/C21H19BrN2O5S/c1-3-28-15-7-5-14(6-8-15)23-21-24-20(26)18(30-21)11-13-4-9-17(16(22)10-13)29-12-19(25)27-2/h4-11H,3,12H2,1-2H3,(H,23,24,26)/b18-11+. The molecule has 2 aromatic rings. The summed E-state index contributed by atoms with van der Waals surface area (Å²) in [6.07, 6.45) is 1.76. The molecule has 1 saturated heterocycles. The third-order valence-corrected chi connectivity index (χ3v) is 5.39. The molecule has 3 rings (SSSR count). The maximum atomic E-state index is 12.3. The van der Waals surface area contributed by atoms with E-state index in [9.17, 15) is 9.59 Å². The lowest BCUT2D eigenvalue weighted by molar-refractivity contribution is -0.142. The van der Waals surface area contributed by atoms with Crippen LogP contribution in [0.25, 0.3) is 6.08 Å². The maximum absolute atomic E-state index is 12.3. The predicted molar refractivity (Wildman–Crippen MR) is 120 cm³/mol. The Morgan fingerprint density at radius 3 is 2.63 bits per heavy atom. The highest BCUT2D eigenvalue weighted by molar-refractivity contribution is 9.10. The largest absolute Gasteiger partial charge is 0.494 e. The van der Waals surface area contributed by atoms with Gasteiger partial charge >= 0.3 is 5.97 Å². The molecule has 9 heteroatoms. The number of nitrogens with one attached hydrogen (secondary N) is 1. The van der Waals surface area contributed by atoms with Gasteiger partial charge in [0.15, 0.2) is 11.8 Å². The summed E-state index contributed by atoms with van der Waals surface area (Å²) in [5.74, 6) is 0.594. The number of nitrogens with zero attached hydrogens (tertiary/aromatic N) is 1. The lowest BCUT2D eigenvalue weighted by Gasteiger charge is -2.07. The second kappa shape index (κ2) is 10.3. The minimum absolute atomic E-state index is 0.181. The molecule has 156 valence electrons. The number of carbonyl (C=O) groups is 2. The summed E-state index contributed by atoms with van der Waals surface area (Å²) in [5.41, 5.74) is 1.52. The Kier molecular flexibility index (Phi) is 7.53. The highest BCUT2D eigenvalue weighted by Crippen LogP contribution is 2.31. The molecular weight excluding hydrogens is 472 g/mol. The van der Waals surface area contributed by atoms with Gasteiger partial charge in [-0.3, -0.25) is 4.79 Å². The molecule has 30 heavy (non-hydrogen) atoms. The fourth-order valence-corrected chi connectivity index (χ4v) is 3.81. The molecule has 1 N–H and O–H groups in total. The zero-order valence-electron chi connectivity index (χ0n) is 16.3. The second-order valence-electron chi connectivity index (χ2n) is 5.96. The normalized spacial score (nSPS) is 15.9. The van der Waals surface area contributed by atoms with Crippen molar-refractivity contribution >= 4 is 56.5 Å². The first-order chi connectivity index (χ1) is 14.5. The van der Waals surface area contributed by atoms with Crippen LogP contribution in [0.2, 0.25) is 0 Å². The number of esters is 1. The number of rotatable bonds is 7. The average Bonchev–Trinajstić information content (AvgIpc) is 3.07. The monoisotopic (exact) mass is 490 g/mol. The molecule has 0 aromatic heterocycles. The summed E-state index contributed by atoms with van der Waals surface area (Å²) in [4.78, 5) is 28.5. The number of amidine groups is 1. The maximum Gasteiger partial charge on any atom is 0.343 e. The summed E-state index contributed by atoms with van der Waals surface area (Å²) in [7, 11) is 1.30. The second-order valence-corrected chi connectivity index (χ2v) is 7.85. The Morgan fingerprint density at radius 1 is 1.20 bits per heavy atom. The van der Waals surface area contributed by atoms with Gasteiger partial charge in [-0.25, -0.2) is 9.79 Å².